The maximum absolute atomic E-state index is 12.3. The molecule has 1 aliphatic heterocycles. The average Bonchev–Trinajstić information content (AvgIpc) is 2.99. The summed E-state index contributed by atoms with van der Waals surface area (Å²) in [7, 11) is 7.95. The van der Waals surface area contributed by atoms with E-state index in [4.69, 9.17) is 4.74 Å². The number of carbonyl (C=O) groups excluding carboxylic acids is 1. The number of hydrogen-bond donors (Lipinski definition) is 0. The van der Waals surface area contributed by atoms with Crippen LogP contribution in [0.1, 0.15) is 32.5 Å². The highest BCUT2D eigenvalue weighted by Crippen LogP contribution is 2.44. The van der Waals surface area contributed by atoms with Crippen molar-refractivity contribution < 1.29 is 9.53 Å². The molecule has 0 radical (unpaired) electrons. The van der Waals surface area contributed by atoms with Gasteiger partial charge in [0.2, 0.25) is 0 Å². The molecular weight excluding hydrogens is 296 g/mol. The number of ether oxygens (including phenoxy) is 1. The number of thiophene rings is 1. The SMILES string of the molecule is Cc1scc(N(C)C)c1C1OC(=O)c2cc(N(C)C)ccc21. The fourth-order valence-electron chi connectivity index (χ4n) is 2.79. The zero-order valence-corrected chi connectivity index (χ0v) is 14.3. The number of cyclic esters (lactones) is 1. The van der Waals surface area contributed by atoms with Crippen molar-refractivity contribution in [1.29, 1.82) is 0 Å². The van der Waals surface area contributed by atoms with Gasteiger partial charge in [0.15, 0.2) is 6.10 Å². The van der Waals surface area contributed by atoms with Crippen LogP contribution in [0.15, 0.2) is 23.6 Å². The third-order valence-corrected chi connectivity index (χ3v) is 4.94. The maximum Gasteiger partial charge on any atom is 0.339 e. The van der Waals surface area contributed by atoms with E-state index >= 15 is 0 Å². The molecule has 0 amide bonds. The molecule has 1 aromatic carbocycles. The van der Waals surface area contributed by atoms with Gasteiger partial charge >= 0.3 is 5.97 Å². The van der Waals surface area contributed by atoms with E-state index in [2.05, 4.69) is 17.2 Å². The summed E-state index contributed by atoms with van der Waals surface area (Å²) in [5, 5.41) is 2.12. The number of aryl methyl sites for hydroxylation is 1. The summed E-state index contributed by atoms with van der Waals surface area (Å²) in [6.07, 6.45) is -0.303. The Hall–Kier alpha value is -2.01. The predicted octanol–water partition coefficient (Wildman–Crippen LogP) is 3.45. The van der Waals surface area contributed by atoms with Gasteiger partial charge < -0.3 is 14.5 Å². The van der Waals surface area contributed by atoms with E-state index in [1.807, 2.05) is 51.3 Å². The summed E-state index contributed by atoms with van der Waals surface area (Å²) in [5.41, 5.74) is 4.85. The molecule has 1 aromatic heterocycles. The first kappa shape index (κ1) is 14.9. The van der Waals surface area contributed by atoms with Crippen molar-refractivity contribution >= 4 is 28.7 Å². The lowest BCUT2D eigenvalue weighted by Crippen LogP contribution is -2.12. The van der Waals surface area contributed by atoms with Crippen molar-refractivity contribution in [1.82, 2.24) is 0 Å². The number of rotatable bonds is 3. The molecule has 1 unspecified atom stereocenters. The van der Waals surface area contributed by atoms with Crippen LogP contribution in [0.2, 0.25) is 0 Å². The van der Waals surface area contributed by atoms with Crippen molar-refractivity contribution in [3.8, 4) is 0 Å². The van der Waals surface area contributed by atoms with Crippen LogP contribution in [0.25, 0.3) is 0 Å². The van der Waals surface area contributed by atoms with Crippen molar-refractivity contribution in [2.24, 2.45) is 0 Å². The molecule has 1 atom stereocenters. The van der Waals surface area contributed by atoms with E-state index < -0.39 is 0 Å². The Labute approximate surface area is 134 Å². The molecule has 1 aliphatic rings. The molecule has 4 nitrogen and oxygen atoms in total. The smallest absolute Gasteiger partial charge is 0.339 e. The summed E-state index contributed by atoms with van der Waals surface area (Å²) in [6.45, 7) is 2.08. The Balaban J connectivity index is 2.11. The molecule has 0 saturated heterocycles. The monoisotopic (exact) mass is 316 g/mol. The van der Waals surface area contributed by atoms with Gasteiger partial charge in [0.25, 0.3) is 0 Å². The number of fused-ring (bicyclic) bond motifs is 1. The van der Waals surface area contributed by atoms with Crippen LogP contribution in [-0.4, -0.2) is 34.2 Å². The van der Waals surface area contributed by atoms with Gasteiger partial charge in [-0.1, -0.05) is 6.07 Å². The summed E-state index contributed by atoms with van der Waals surface area (Å²) in [6, 6.07) is 5.95. The third kappa shape index (κ3) is 2.25. The molecule has 0 N–H and O–H groups in total. The number of anilines is 2. The van der Waals surface area contributed by atoms with E-state index in [0.717, 1.165) is 22.5 Å². The second kappa shape index (κ2) is 5.32. The Morgan fingerprint density at radius 3 is 2.50 bits per heavy atom. The minimum atomic E-state index is -0.303. The van der Waals surface area contributed by atoms with Crippen molar-refractivity contribution in [3.05, 3.63) is 45.1 Å². The molecular formula is C17H20N2O2S. The van der Waals surface area contributed by atoms with E-state index in [-0.39, 0.29) is 12.1 Å². The Kier molecular flexibility index (Phi) is 3.60. The van der Waals surface area contributed by atoms with Crippen molar-refractivity contribution in [2.75, 3.05) is 38.0 Å². The number of nitrogens with zero attached hydrogens (tertiary/aromatic N) is 2. The van der Waals surface area contributed by atoms with Gasteiger partial charge in [-0.2, -0.15) is 0 Å². The average molecular weight is 316 g/mol. The largest absolute Gasteiger partial charge is 0.449 e. The van der Waals surface area contributed by atoms with Crippen molar-refractivity contribution in [2.45, 2.75) is 13.0 Å². The molecule has 0 fully saturated rings. The second-order valence-corrected chi connectivity index (χ2v) is 7.02. The van der Waals surface area contributed by atoms with Crippen LogP contribution in [0.4, 0.5) is 11.4 Å². The normalized spacial score (nSPS) is 16.4. The molecule has 0 saturated carbocycles. The Morgan fingerprint density at radius 1 is 1.14 bits per heavy atom. The first-order valence-corrected chi connectivity index (χ1v) is 8.05. The van der Waals surface area contributed by atoms with E-state index in [1.165, 1.54) is 4.88 Å². The fourth-order valence-corrected chi connectivity index (χ4v) is 3.76. The van der Waals surface area contributed by atoms with Gasteiger partial charge in [0, 0.05) is 55.3 Å². The molecule has 116 valence electrons. The molecule has 5 heteroatoms. The maximum atomic E-state index is 12.3. The lowest BCUT2D eigenvalue weighted by molar-refractivity contribution is 0.0456. The van der Waals surface area contributed by atoms with Crippen molar-refractivity contribution in [3.63, 3.8) is 0 Å². The molecule has 2 aromatic rings. The highest BCUT2D eigenvalue weighted by atomic mass is 32.1. The quantitative estimate of drug-likeness (QED) is 0.812. The zero-order chi connectivity index (χ0) is 16.0. The van der Waals surface area contributed by atoms with E-state index in [0.29, 0.717) is 5.56 Å². The van der Waals surface area contributed by atoms with Crippen LogP contribution in [0.3, 0.4) is 0 Å². The Bertz CT molecular complexity index is 734. The minimum absolute atomic E-state index is 0.237. The molecule has 0 spiro atoms. The summed E-state index contributed by atoms with van der Waals surface area (Å²) < 4.78 is 5.71. The van der Waals surface area contributed by atoms with Crippen LogP contribution in [-0.2, 0) is 4.74 Å². The first-order chi connectivity index (χ1) is 10.4. The molecule has 0 bridgehead atoms. The summed E-state index contributed by atoms with van der Waals surface area (Å²) >= 11 is 1.69. The number of esters is 1. The summed E-state index contributed by atoms with van der Waals surface area (Å²) in [4.78, 5) is 17.5. The topological polar surface area (TPSA) is 32.8 Å². The van der Waals surface area contributed by atoms with Gasteiger partial charge in [-0.3, -0.25) is 0 Å². The summed E-state index contributed by atoms with van der Waals surface area (Å²) in [5.74, 6) is -0.237. The van der Waals surface area contributed by atoms with Crippen LogP contribution >= 0.6 is 11.3 Å². The highest BCUT2D eigenvalue weighted by Gasteiger charge is 2.35. The highest BCUT2D eigenvalue weighted by molar-refractivity contribution is 7.10. The molecule has 0 aliphatic carbocycles. The molecule has 3 rings (SSSR count). The third-order valence-electron chi connectivity index (χ3n) is 4.03. The Morgan fingerprint density at radius 2 is 1.86 bits per heavy atom. The predicted molar refractivity (Wildman–Crippen MR) is 91.4 cm³/mol. The number of carbonyl (C=O) groups is 1. The standard InChI is InChI=1S/C17H20N2O2S/c1-10-15(14(9-22-10)19(4)5)16-12-7-6-11(18(2)3)8-13(12)17(20)21-16/h6-9,16H,1-5H3. The van der Waals surface area contributed by atoms with E-state index in [9.17, 15) is 4.79 Å². The van der Waals surface area contributed by atoms with Gasteiger partial charge in [-0.25, -0.2) is 4.79 Å². The number of benzene rings is 1. The minimum Gasteiger partial charge on any atom is -0.449 e. The van der Waals surface area contributed by atoms with Gasteiger partial charge in [0.05, 0.1) is 11.3 Å². The van der Waals surface area contributed by atoms with Gasteiger partial charge in [-0.15, -0.1) is 11.3 Å². The zero-order valence-electron chi connectivity index (χ0n) is 13.5. The van der Waals surface area contributed by atoms with E-state index in [1.54, 1.807) is 11.3 Å². The molecule has 2 heterocycles. The first-order valence-electron chi connectivity index (χ1n) is 7.17. The van der Waals surface area contributed by atoms with Gasteiger partial charge in [-0.05, 0) is 19.1 Å². The lowest BCUT2D eigenvalue weighted by Gasteiger charge is -2.19. The molecule has 22 heavy (non-hydrogen) atoms. The number of hydrogen-bond acceptors (Lipinski definition) is 5. The van der Waals surface area contributed by atoms with Gasteiger partial charge in [0.1, 0.15) is 0 Å². The van der Waals surface area contributed by atoms with Crippen LogP contribution < -0.4 is 9.80 Å². The van der Waals surface area contributed by atoms with Crippen LogP contribution in [0.5, 0.6) is 0 Å². The lowest BCUT2D eigenvalue weighted by atomic mass is 9.98. The fraction of sp³-hybridized carbons (Fsp3) is 0.353. The second-order valence-electron chi connectivity index (χ2n) is 5.94. The van der Waals surface area contributed by atoms with Crippen LogP contribution in [0, 0.1) is 6.92 Å².